The van der Waals surface area contributed by atoms with Crippen LogP contribution in [0.4, 0.5) is 0 Å². The van der Waals surface area contributed by atoms with Crippen molar-refractivity contribution in [1.29, 1.82) is 0 Å². The van der Waals surface area contributed by atoms with Gasteiger partial charge in [0.1, 0.15) is 13.2 Å². The van der Waals surface area contributed by atoms with E-state index in [9.17, 15) is 9.59 Å². The molecule has 0 spiro atoms. The van der Waals surface area contributed by atoms with E-state index < -0.39 is 0 Å². The zero-order valence-corrected chi connectivity index (χ0v) is 16.6. The van der Waals surface area contributed by atoms with Gasteiger partial charge in [-0.25, -0.2) is 0 Å². The van der Waals surface area contributed by atoms with Gasteiger partial charge < -0.3 is 14.4 Å². The smallest absolute Gasteiger partial charge is 0.246 e. The molecule has 0 aromatic heterocycles. The van der Waals surface area contributed by atoms with E-state index in [-0.39, 0.29) is 17.6 Å². The number of hydrogen-bond acceptors (Lipinski definition) is 4. The molecule has 1 saturated heterocycles. The summed E-state index contributed by atoms with van der Waals surface area (Å²) in [7, 11) is 0. The summed E-state index contributed by atoms with van der Waals surface area (Å²) in [5.41, 5.74) is 2.83. The van der Waals surface area contributed by atoms with Crippen LogP contribution in [0.3, 0.4) is 0 Å². The summed E-state index contributed by atoms with van der Waals surface area (Å²) >= 11 is 0. The second-order valence-corrected chi connectivity index (χ2v) is 7.57. The second-order valence-electron chi connectivity index (χ2n) is 7.57. The first-order valence-electron chi connectivity index (χ1n) is 10.1. The maximum absolute atomic E-state index is 12.9. The summed E-state index contributed by atoms with van der Waals surface area (Å²) in [6.07, 6.45) is 4.83. The third kappa shape index (κ3) is 4.50. The van der Waals surface area contributed by atoms with Gasteiger partial charge in [0.15, 0.2) is 17.3 Å². The SMILES string of the molecule is Cc1cccc(/C=C/C(=O)N2CCC(C(=O)c3ccc4c(c3)OCCO4)CC2)c1. The summed E-state index contributed by atoms with van der Waals surface area (Å²) in [6, 6.07) is 13.4. The van der Waals surface area contributed by atoms with Gasteiger partial charge in [0.25, 0.3) is 0 Å². The molecule has 2 heterocycles. The normalized spacial score (nSPS) is 16.8. The molecule has 4 rings (SSSR count). The minimum Gasteiger partial charge on any atom is -0.486 e. The predicted octanol–water partition coefficient (Wildman–Crippen LogP) is 3.90. The molecule has 0 unspecified atom stereocenters. The lowest BCUT2D eigenvalue weighted by atomic mass is 9.88. The molecule has 0 saturated carbocycles. The maximum atomic E-state index is 12.9. The molecule has 2 aliphatic rings. The third-order valence-corrected chi connectivity index (χ3v) is 5.46. The van der Waals surface area contributed by atoms with E-state index in [0.717, 1.165) is 11.1 Å². The molecule has 0 N–H and O–H groups in total. The van der Waals surface area contributed by atoms with Crippen molar-refractivity contribution in [1.82, 2.24) is 4.90 Å². The molecule has 0 bridgehead atoms. The quantitative estimate of drug-likeness (QED) is 0.586. The van der Waals surface area contributed by atoms with Crippen molar-refractivity contribution in [2.75, 3.05) is 26.3 Å². The zero-order chi connectivity index (χ0) is 20.2. The van der Waals surface area contributed by atoms with Gasteiger partial charge in [-0.15, -0.1) is 0 Å². The molecule has 2 aliphatic heterocycles. The van der Waals surface area contributed by atoms with E-state index in [2.05, 4.69) is 0 Å². The van der Waals surface area contributed by atoms with Crippen LogP contribution in [0.5, 0.6) is 11.5 Å². The van der Waals surface area contributed by atoms with Crippen LogP contribution in [0.15, 0.2) is 48.5 Å². The number of carbonyl (C=O) groups is 2. The largest absolute Gasteiger partial charge is 0.486 e. The molecule has 1 fully saturated rings. The average Bonchev–Trinajstić information content (AvgIpc) is 2.77. The number of Topliss-reactive ketones (excluding diaryl/α,β-unsaturated/α-hetero) is 1. The van der Waals surface area contributed by atoms with Crippen molar-refractivity contribution in [3.05, 3.63) is 65.2 Å². The molecule has 0 aliphatic carbocycles. The molecule has 1 amide bonds. The van der Waals surface area contributed by atoms with Crippen molar-refractivity contribution in [2.45, 2.75) is 19.8 Å². The second kappa shape index (κ2) is 8.52. The van der Waals surface area contributed by atoms with Crippen LogP contribution in [0.2, 0.25) is 0 Å². The lowest BCUT2D eigenvalue weighted by Gasteiger charge is -2.30. The number of rotatable bonds is 4. The van der Waals surface area contributed by atoms with Gasteiger partial charge in [-0.1, -0.05) is 29.8 Å². The first-order chi connectivity index (χ1) is 14.1. The Kier molecular flexibility index (Phi) is 5.65. The molecule has 2 aromatic rings. The third-order valence-electron chi connectivity index (χ3n) is 5.46. The fraction of sp³-hybridized carbons (Fsp3) is 0.333. The Morgan fingerprint density at radius 2 is 1.76 bits per heavy atom. The Balaban J connectivity index is 1.34. The number of amides is 1. The number of nitrogens with zero attached hydrogens (tertiary/aromatic N) is 1. The molecule has 0 radical (unpaired) electrons. The Morgan fingerprint density at radius 1 is 1.00 bits per heavy atom. The maximum Gasteiger partial charge on any atom is 0.246 e. The number of aryl methyl sites for hydroxylation is 1. The van der Waals surface area contributed by atoms with Crippen molar-refractivity contribution in [2.24, 2.45) is 5.92 Å². The molecule has 150 valence electrons. The summed E-state index contributed by atoms with van der Waals surface area (Å²) < 4.78 is 11.1. The van der Waals surface area contributed by atoms with Crippen LogP contribution < -0.4 is 9.47 Å². The lowest BCUT2D eigenvalue weighted by Crippen LogP contribution is -2.39. The summed E-state index contributed by atoms with van der Waals surface area (Å²) in [6.45, 7) is 4.25. The summed E-state index contributed by atoms with van der Waals surface area (Å²) in [5, 5.41) is 0. The van der Waals surface area contributed by atoms with Crippen LogP contribution in [0, 0.1) is 12.8 Å². The number of ketones is 1. The topological polar surface area (TPSA) is 55.8 Å². The Morgan fingerprint density at radius 3 is 2.52 bits per heavy atom. The average molecular weight is 391 g/mol. The van der Waals surface area contributed by atoms with E-state index in [1.165, 1.54) is 0 Å². The monoisotopic (exact) mass is 391 g/mol. The highest BCUT2D eigenvalue weighted by atomic mass is 16.6. The van der Waals surface area contributed by atoms with Crippen LogP contribution >= 0.6 is 0 Å². The van der Waals surface area contributed by atoms with Crippen molar-refractivity contribution in [3.63, 3.8) is 0 Å². The first-order valence-corrected chi connectivity index (χ1v) is 10.1. The molecular formula is C24H25NO4. The van der Waals surface area contributed by atoms with Gasteiger partial charge in [0.2, 0.25) is 5.91 Å². The fourth-order valence-corrected chi connectivity index (χ4v) is 3.84. The van der Waals surface area contributed by atoms with E-state index in [1.54, 1.807) is 24.3 Å². The van der Waals surface area contributed by atoms with Crippen LogP contribution in [0.1, 0.15) is 34.3 Å². The Bertz CT molecular complexity index is 942. The number of benzene rings is 2. The Labute approximate surface area is 170 Å². The molecule has 2 aromatic carbocycles. The summed E-state index contributed by atoms with van der Waals surface area (Å²) in [5.74, 6) is 1.37. The number of fused-ring (bicyclic) bond motifs is 1. The van der Waals surface area contributed by atoms with Crippen LogP contribution in [-0.4, -0.2) is 42.9 Å². The van der Waals surface area contributed by atoms with Gasteiger partial charge >= 0.3 is 0 Å². The van der Waals surface area contributed by atoms with E-state index in [0.29, 0.717) is 56.2 Å². The van der Waals surface area contributed by atoms with Crippen LogP contribution in [0.25, 0.3) is 6.08 Å². The predicted molar refractivity (Wildman–Crippen MR) is 111 cm³/mol. The molecule has 5 heteroatoms. The minimum absolute atomic E-state index is 0.00302. The Hall–Kier alpha value is -3.08. The van der Waals surface area contributed by atoms with E-state index >= 15 is 0 Å². The van der Waals surface area contributed by atoms with Gasteiger partial charge in [-0.3, -0.25) is 9.59 Å². The molecule has 5 nitrogen and oxygen atoms in total. The number of hydrogen-bond donors (Lipinski definition) is 0. The minimum atomic E-state index is -0.0673. The first kappa shape index (κ1) is 19.2. The van der Waals surface area contributed by atoms with Gasteiger partial charge in [0.05, 0.1) is 0 Å². The van der Waals surface area contributed by atoms with Gasteiger partial charge in [0, 0.05) is 30.6 Å². The molecular weight excluding hydrogens is 366 g/mol. The lowest BCUT2D eigenvalue weighted by molar-refractivity contribution is -0.127. The van der Waals surface area contributed by atoms with Crippen molar-refractivity contribution >= 4 is 17.8 Å². The van der Waals surface area contributed by atoms with Crippen molar-refractivity contribution < 1.29 is 19.1 Å². The van der Waals surface area contributed by atoms with E-state index in [1.807, 2.05) is 42.2 Å². The van der Waals surface area contributed by atoms with Crippen molar-refractivity contribution in [3.8, 4) is 11.5 Å². The van der Waals surface area contributed by atoms with Crippen LogP contribution in [-0.2, 0) is 4.79 Å². The number of likely N-dealkylation sites (tertiary alicyclic amines) is 1. The number of ether oxygens (including phenoxy) is 2. The number of carbonyl (C=O) groups excluding carboxylic acids is 2. The van der Waals surface area contributed by atoms with Gasteiger partial charge in [-0.2, -0.15) is 0 Å². The fourth-order valence-electron chi connectivity index (χ4n) is 3.84. The highest BCUT2D eigenvalue weighted by Gasteiger charge is 2.28. The van der Waals surface area contributed by atoms with E-state index in [4.69, 9.17) is 9.47 Å². The standard InChI is InChI=1S/C24H25NO4/c1-17-3-2-4-18(15-17)5-8-23(26)25-11-9-19(10-12-25)24(27)20-6-7-21-22(16-20)29-14-13-28-21/h2-8,15-16,19H,9-14H2,1H3/b8-5+. The highest BCUT2D eigenvalue weighted by Crippen LogP contribution is 2.32. The molecule has 0 atom stereocenters. The zero-order valence-electron chi connectivity index (χ0n) is 16.6. The number of piperidine rings is 1. The van der Waals surface area contributed by atoms with Gasteiger partial charge in [-0.05, 0) is 49.6 Å². The highest BCUT2D eigenvalue weighted by molar-refractivity contribution is 5.99. The molecule has 29 heavy (non-hydrogen) atoms. The summed E-state index contributed by atoms with van der Waals surface area (Å²) in [4.78, 5) is 27.2.